The van der Waals surface area contributed by atoms with Crippen LogP contribution < -0.4 is 10.4 Å². The molecule has 1 atom stereocenters. The SMILES string of the molecule is C#CCC(NS(=O)(=O)c1ccc2[nH]c(=O)[nH]c2c1)C(=O)O. The summed E-state index contributed by atoms with van der Waals surface area (Å²) in [5, 5.41) is 8.91. The molecule has 4 N–H and O–H groups in total. The molecule has 8 nitrogen and oxygen atoms in total. The van der Waals surface area contributed by atoms with Gasteiger partial charge in [-0.2, -0.15) is 4.72 Å². The predicted molar refractivity (Wildman–Crippen MR) is 74.1 cm³/mol. The predicted octanol–water partition coefficient (Wildman–Crippen LogP) is -0.389. The summed E-state index contributed by atoms with van der Waals surface area (Å²) < 4.78 is 26.3. The lowest BCUT2D eigenvalue weighted by atomic mass is 10.2. The molecule has 110 valence electrons. The molecular formula is C12H11N3O5S. The van der Waals surface area contributed by atoms with Crippen LogP contribution in [0.2, 0.25) is 0 Å². The monoisotopic (exact) mass is 309 g/mol. The zero-order valence-corrected chi connectivity index (χ0v) is 11.4. The molecule has 0 bridgehead atoms. The van der Waals surface area contributed by atoms with Crippen LogP contribution in [0.25, 0.3) is 11.0 Å². The molecule has 0 spiro atoms. The molecule has 1 heterocycles. The van der Waals surface area contributed by atoms with Crippen molar-refractivity contribution in [2.24, 2.45) is 0 Å². The average molecular weight is 309 g/mol. The highest BCUT2D eigenvalue weighted by Crippen LogP contribution is 2.15. The highest BCUT2D eigenvalue weighted by Gasteiger charge is 2.25. The number of hydrogen-bond donors (Lipinski definition) is 4. The summed E-state index contributed by atoms with van der Waals surface area (Å²) in [7, 11) is -4.07. The van der Waals surface area contributed by atoms with Crippen molar-refractivity contribution in [2.45, 2.75) is 17.4 Å². The summed E-state index contributed by atoms with van der Waals surface area (Å²) in [6.07, 6.45) is 4.73. The Morgan fingerprint density at radius 2 is 2.05 bits per heavy atom. The first-order chi connectivity index (χ1) is 9.83. The van der Waals surface area contributed by atoms with E-state index in [0.29, 0.717) is 11.0 Å². The van der Waals surface area contributed by atoms with Crippen LogP contribution >= 0.6 is 0 Å². The highest BCUT2D eigenvalue weighted by atomic mass is 32.2. The zero-order valence-electron chi connectivity index (χ0n) is 10.6. The molecule has 0 saturated carbocycles. The van der Waals surface area contributed by atoms with Crippen molar-refractivity contribution in [1.29, 1.82) is 0 Å². The van der Waals surface area contributed by atoms with Crippen LogP contribution in [0.3, 0.4) is 0 Å². The maximum absolute atomic E-state index is 12.1. The fourth-order valence-electron chi connectivity index (χ4n) is 1.73. The molecule has 2 rings (SSSR count). The molecule has 0 aliphatic heterocycles. The van der Waals surface area contributed by atoms with Gasteiger partial charge in [-0.15, -0.1) is 12.3 Å². The number of imidazole rings is 1. The van der Waals surface area contributed by atoms with Gasteiger partial charge in [0.2, 0.25) is 10.0 Å². The first-order valence-electron chi connectivity index (χ1n) is 5.74. The first-order valence-corrected chi connectivity index (χ1v) is 7.22. The molecule has 2 aromatic rings. The Hall–Kier alpha value is -2.57. The van der Waals surface area contributed by atoms with Gasteiger partial charge < -0.3 is 15.1 Å². The quantitative estimate of drug-likeness (QED) is 0.558. The van der Waals surface area contributed by atoms with Crippen LogP contribution in [0.5, 0.6) is 0 Å². The second-order valence-corrected chi connectivity index (χ2v) is 5.92. The van der Waals surface area contributed by atoms with E-state index in [9.17, 15) is 18.0 Å². The average Bonchev–Trinajstić information content (AvgIpc) is 2.76. The van der Waals surface area contributed by atoms with Gasteiger partial charge in [-0.25, -0.2) is 13.2 Å². The summed E-state index contributed by atoms with van der Waals surface area (Å²) in [6, 6.07) is 2.47. The molecule has 0 aliphatic carbocycles. The third-order valence-corrected chi connectivity index (χ3v) is 4.18. The van der Waals surface area contributed by atoms with E-state index in [1.165, 1.54) is 18.2 Å². The number of carboxylic acids is 1. The van der Waals surface area contributed by atoms with Crippen LogP contribution in [0.1, 0.15) is 6.42 Å². The molecule has 1 aromatic carbocycles. The van der Waals surface area contributed by atoms with E-state index in [1.807, 2.05) is 4.72 Å². The van der Waals surface area contributed by atoms with E-state index < -0.39 is 27.7 Å². The topological polar surface area (TPSA) is 132 Å². The molecule has 0 amide bonds. The van der Waals surface area contributed by atoms with Crippen molar-refractivity contribution in [3.05, 3.63) is 28.7 Å². The highest BCUT2D eigenvalue weighted by molar-refractivity contribution is 7.89. The van der Waals surface area contributed by atoms with Crippen molar-refractivity contribution < 1.29 is 18.3 Å². The second-order valence-electron chi connectivity index (χ2n) is 4.21. The number of fused-ring (bicyclic) bond motifs is 1. The van der Waals surface area contributed by atoms with Crippen LogP contribution in [0.4, 0.5) is 0 Å². The maximum atomic E-state index is 12.1. The molecule has 0 fully saturated rings. The summed E-state index contributed by atoms with van der Waals surface area (Å²) in [6.45, 7) is 0. The van der Waals surface area contributed by atoms with Crippen molar-refractivity contribution in [2.75, 3.05) is 0 Å². The number of rotatable bonds is 5. The van der Waals surface area contributed by atoms with Crippen LogP contribution in [0.15, 0.2) is 27.9 Å². The number of H-pyrrole nitrogens is 2. The number of terminal acetylenes is 1. The molecule has 21 heavy (non-hydrogen) atoms. The number of hydrogen-bond acceptors (Lipinski definition) is 4. The lowest BCUT2D eigenvalue weighted by Gasteiger charge is -2.12. The molecule has 1 unspecified atom stereocenters. The van der Waals surface area contributed by atoms with Crippen LogP contribution in [0, 0.1) is 12.3 Å². The van der Waals surface area contributed by atoms with E-state index in [0.717, 1.165) is 0 Å². The fourth-order valence-corrected chi connectivity index (χ4v) is 2.95. The minimum Gasteiger partial charge on any atom is -0.480 e. The smallest absolute Gasteiger partial charge is 0.323 e. The zero-order chi connectivity index (χ0) is 15.6. The minimum absolute atomic E-state index is 0.173. The lowest BCUT2D eigenvalue weighted by molar-refractivity contribution is -0.138. The number of carboxylic acid groups (broad SMARTS) is 1. The molecule has 1 aromatic heterocycles. The maximum Gasteiger partial charge on any atom is 0.323 e. The summed E-state index contributed by atoms with van der Waals surface area (Å²) >= 11 is 0. The molecule has 0 saturated heterocycles. The van der Waals surface area contributed by atoms with Crippen LogP contribution in [-0.2, 0) is 14.8 Å². The Labute approximate surface area is 119 Å². The van der Waals surface area contributed by atoms with E-state index in [4.69, 9.17) is 11.5 Å². The van der Waals surface area contributed by atoms with Crippen LogP contribution in [-0.4, -0.2) is 35.5 Å². The Kier molecular flexibility index (Phi) is 3.84. The summed E-state index contributed by atoms with van der Waals surface area (Å²) in [5.74, 6) is 0.728. The second kappa shape index (κ2) is 5.43. The summed E-state index contributed by atoms with van der Waals surface area (Å²) in [4.78, 5) is 26.8. The van der Waals surface area contributed by atoms with E-state index >= 15 is 0 Å². The molecular weight excluding hydrogens is 298 g/mol. The van der Waals surface area contributed by atoms with Gasteiger partial charge in [-0.3, -0.25) is 4.79 Å². The van der Waals surface area contributed by atoms with Gasteiger partial charge in [0.1, 0.15) is 6.04 Å². The van der Waals surface area contributed by atoms with Gasteiger partial charge in [-0.05, 0) is 18.2 Å². The fraction of sp³-hybridized carbons (Fsp3) is 0.167. The Morgan fingerprint density at radius 3 is 2.67 bits per heavy atom. The van der Waals surface area contributed by atoms with Crippen molar-refractivity contribution >= 4 is 27.0 Å². The van der Waals surface area contributed by atoms with Crippen molar-refractivity contribution in [3.63, 3.8) is 0 Å². The van der Waals surface area contributed by atoms with Crippen molar-refractivity contribution in [1.82, 2.24) is 14.7 Å². The number of carbonyl (C=O) groups is 1. The number of aromatic nitrogens is 2. The Balaban J connectivity index is 2.39. The number of sulfonamides is 1. The third kappa shape index (κ3) is 3.13. The van der Waals surface area contributed by atoms with Crippen molar-refractivity contribution in [3.8, 4) is 12.3 Å². The van der Waals surface area contributed by atoms with Gasteiger partial charge in [0.15, 0.2) is 0 Å². The molecule has 0 aliphatic rings. The number of aliphatic carboxylic acids is 1. The van der Waals surface area contributed by atoms with E-state index in [1.54, 1.807) is 0 Å². The molecule has 0 radical (unpaired) electrons. The Bertz CT molecular complexity index is 887. The lowest BCUT2D eigenvalue weighted by Crippen LogP contribution is -2.40. The Morgan fingerprint density at radius 1 is 1.38 bits per heavy atom. The number of benzene rings is 1. The van der Waals surface area contributed by atoms with E-state index in [2.05, 4.69) is 15.9 Å². The van der Waals surface area contributed by atoms with E-state index in [-0.39, 0.29) is 11.3 Å². The van der Waals surface area contributed by atoms with Gasteiger partial charge in [0.05, 0.1) is 15.9 Å². The standard InChI is InChI=1S/C12H11N3O5S/c1-2-3-9(11(16)17)15-21(19,20)7-4-5-8-10(6-7)14-12(18)13-8/h1,4-6,9,15H,3H2,(H,16,17)(H2,13,14,18). The summed E-state index contributed by atoms with van der Waals surface area (Å²) in [5.41, 5.74) is 0.271. The van der Waals surface area contributed by atoms with Gasteiger partial charge in [0.25, 0.3) is 0 Å². The third-order valence-electron chi connectivity index (χ3n) is 2.72. The number of aromatic amines is 2. The van der Waals surface area contributed by atoms with Gasteiger partial charge >= 0.3 is 11.7 Å². The molecule has 9 heteroatoms. The minimum atomic E-state index is -4.07. The van der Waals surface area contributed by atoms with Gasteiger partial charge in [-0.1, -0.05) is 0 Å². The first kappa shape index (κ1) is 14.8. The number of nitrogens with one attached hydrogen (secondary N) is 3. The normalized spacial score (nSPS) is 12.9. The largest absolute Gasteiger partial charge is 0.480 e. The van der Waals surface area contributed by atoms with Gasteiger partial charge in [0, 0.05) is 6.42 Å².